The van der Waals surface area contributed by atoms with Gasteiger partial charge >= 0.3 is 0 Å². The number of aliphatic imine (C=N–C) groups is 1. The van der Waals surface area contributed by atoms with Crippen LogP contribution in [0.15, 0.2) is 53.5 Å². The standard InChI is InChI=1S/C23H29N3O3S.HI/c1-4-24-23(25-14-16-10-11-19(28-3)20(12-16)29-5-2)26-15-18(27)22-13-17-8-6-7-9-21(17)30-22;/h6-13,18,27H,4-5,14-15H2,1-3H3,(H2,24,25,26);1H. The average Bonchev–Trinajstić information content (AvgIpc) is 3.20. The van der Waals surface area contributed by atoms with Gasteiger partial charge in [-0.25, -0.2) is 4.99 Å². The van der Waals surface area contributed by atoms with E-state index in [1.54, 1.807) is 18.4 Å². The molecule has 0 radical (unpaired) electrons. The van der Waals surface area contributed by atoms with Gasteiger partial charge in [0.2, 0.25) is 0 Å². The van der Waals surface area contributed by atoms with Gasteiger partial charge in [0.15, 0.2) is 17.5 Å². The zero-order valence-corrected chi connectivity index (χ0v) is 21.2. The van der Waals surface area contributed by atoms with E-state index in [4.69, 9.17) is 9.47 Å². The number of halogens is 1. The van der Waals surface area contributed by atoms with Crippen molar-refractivity contribution in [1.29, 1.82) is 0 Å². The molecule has 0 aliphatic rings. The van der Waals surface area contributed by atoms with Crippen molar-refractivity contribution in [2.45, 2.75) is 26.5 Å². The van der Waals surface area contributed by atoms with E-state index in [9.17, 15) is 5.11 Å². The van der Waals surface area contributed by atoms with Gasteiger partial charge < -0.3 is 25.2 Å². The molecule has 2 aromatic carbocycles. The molecule has 1 heterocycles. The molecule has 8 heteroatoms. The molecule has 0 saturated carbocycles. The number of thiophene rings is 1. The maximum Gasteiger partial charge on any atom is 0.191 e. The first-order valence-electron chi connectivity index (χ1n) is 10.1. The molecule has 3 rings (SSSR count). The molecule has 3 aromatic rings. The number of methoxy groups -OCH3 is 1. The van der Waals surface area contributed by atoms with Crippen LogP contribution in [-0.2, 0) is 6.54 Å². The molecule has 1 aromatic heterocycles. The highest BCUT2D eigenvalue weighted by Gasteiger charge is 2.12. The first kappa shape index (κ1) is 25.2. The minimum Gasteiger partial charge on any atom is -0.493 e. The Hall–Kier alpha value is -2.04. The van der Waals surface area contributed by atoms with Crippen LogP contribution in [-0.4, -0.2) is 37.9 Å². The Bertz CT molecular complexity index is 960. The van der Waals surface area contributed by atoms with Gasteiger partial charge in [0.05, 0.1) is 20.3 Å². The highest BCUT2D eigenvalue weighted by molar-refractivity contribution is 14.0. The zero-order chi connectivity index (χ0) is 21.3. The Labute approximate surface area is 204 Å². The fourth-order valence-electron chi connectivity index (χ4n) is 3.06. The first-order chi connectivity index (χ1) is 14.6. The highest BCUT2D eigenvalue weighted by atomic mass is 127. The van der Waals surface area contributed by atoms with E-state index >= 15 is 0 Å². The lowest BCUT2D eigenvalue weighted by Gasteiger charge is -2.15. The summed E-state index contributed by atoms with van der Waals surface area (Å²) in [5, 5.41) is 18.2. The summed E-state index contributed by atoms with van der Waals surface area (Å²) in [5.41, 5.74) is 1.02. The van der Waals surface area contributed by atoms with E-state index < -0.39 is 6.10 Å². The number of fused-ring (bicyclic) bond motifs is 1. The number of hydrogen-bond acceptors (Lipinski definition) is 5. The third-order valence-corrected chi connectivity index (χ3v) is 5.75. The summed E-state index contributed by atoms with van der Waals surface area (Å²) >= 11 is 1.61. The second-order valence-electron chi connectivity index (χ2n) is 6.70. The summed E-state index contributed by atoms with van der Waals surface area (Å²) < 4.78 is 12.2. The van der Waals surface area contributed by atoms with Crippen molar-refractivity contribution in [1.82, 2.24) is 10.6 Å². The number of rotatable bonds is 9. The number of guanidine groups is 1. The van der Waals surface area contributed by atoms with Gasteiger partial charge in [-0.2, -0.15) is 0 Å². The summed E-state index contributed by atoms with van der Waals surface area (Å²) in [7, 11) is 1.63. The molecule has 0 aliphatic carbocycles. The Morgan fingerprint density at radius 2 is 1.90 bits per heavy atom. The fourth-order valence-corrected chi connectivity index (χ4v) is 4.11. The molecule has 0 aliphatic heterocycles. The normalized spacial score (nSPS) is 12.2. The number of aliphatic hydroxyl groups excluding tert-OH is 1. The van der Waals surface area contributed by atoms with Crippen molar-refractivity contribution in [3.05, 3.63) is 59.0 Å². The average molecular weight is 555 g/mol. The monoisotopic (exact) mass is 555 g/mol. The molecule has 168 valence electrons. The van der Waals surface area contributed by atoms with Crippen LogP contribution >= 0.6 is 35.3 Å². The Morgan fingerprint density at radius 1 is 1.10 bits per heavy atom. The van der Waals surface area contributed by atoms with Gasteiger partial charge in [-0.15, -0.1) is 35.3 Å². The molecule has 6 nitrogen and oxygen atoms in total. The van der Waals surface area contributed by atoms with Crippen molar-refractivity contribution < 1.29 is 14.6 Å². The molecular weight excluding hydrogens is 525 g/mol. The second kappa shape index (κ2) is 12.7. The van der Waals surface area contributed by atoms with E-state index in [1.807, 2.05) is 50.2 Å². The summed E-state index contributed by atoms with van der Waals surface area (Å²) in [6.45, 7) is 6.13. The molecule has 31 heavy (non-hydrogen) atoms. The van der Waals surface area contributed by atoms with Crippen molar-refractivity contribution in [3.63, 3.8) is 0 Å². The zero-order valence-electron chi connectivity index (χ0n) is 18.1. The predicted molar refractivity (Wildman–Crippen MR) is 139 cm³/mol. The third kappa shape index (κ3) is 6.98. The lowest BCUT2D eigenvalue weighted by atomic mass is 10.2. The molecule has 1 unspecified atom stereocenters. The van der Waals surface area contributed by atoms with E-state index in [-0.39, 0.29) is 24.0 Å². The Kier molecular flexibility index (Phi) is 10.4. The van der Waals surface area contributed by atoms with Crippen LogP contribution in [0.4, 0.5) is 0 Å². The van der Waals surface area contributed by atoms with Crippen LogP contribution in [0, 0.1) is 0 Å². The smallest absolute Gasteiger partial charge is 0.191 e. The largest absolute Gasteiger partial charge is 0.493 e. The molecule has 3 N–H and O–H groups in total. The van der Waals surface area contributed by atoms with Crippen LogP contribution in [0.2, 0.25) is 0 Å². The van der Waals surface area contributed by atoms with Gasteiger partial charge in [-0.05, 0) is 49.1 Å². The lowest BCUT2D eigenvalue weighted by Crippen LogP contribution is -2.39. The minimum absolute atomic E-state index is 0. The summed E-state index contributed by atoms with van der Waals surface area (Å²) in [6.07, 6.45) is -0.600. The predicted octanol–water partition coefficient (Wildman–Crippen LogP) is 4.72. The van der Waals surface area contributed by atoms with Gasteiger partial charge in [-0.1, -0.05) is 24.3 Å². The van der Waals surface area contributed by atoms with Gasteiger partial charge in [0.25, 0.3) is 0 Å². The van der Waals surface area contributed by atoms with E-state index in [2.05, 4.69) is 27.8 Å². The molecule has 0 fully saturated rings. The Morgan fingerprint density at radius 3 is 2.61 bits per heavy atom. The van der Waals surface area contributed by atoms with Crippen molar-refractivity contribution in [2.75, 3.05) is 26.8 Å². The number of aliphatic hydroxyl groups is 1. The van der Waals surface area contributed by atoms with E-state index in [0.717, 1.165) is 22.4 Å². The summed E-state index contributed by atoms with van der Waals surface area (Å²) in [6, 6.07) is 16.0. The lowest BCUT2D eigenvalue weighted by molar-refractivity contribution is 0.184. The first-order valence-corrected chi connectivity index (χ1v) is 10.9. The van der Waals surface area contributed by atoms with Gasteiger partial charge in [-0.3, -0.25) is 0 Å². The quantitative estimate of drug-likeness (QED) is 0.203. The Balaban J connectivity index is 0.00000341. The minimum atomic E-state index is -0.600. The SMILES string of the molecule is CCNC(=NCc1ccc(OC)c(OCC)c1)NCC(O)c1cc2ccccc2s1.I. The molecular formula is C23H30IN3O3S. The van der Waals surface area contributed by atoms with E-state index in [0.29, 0.717) is 37.2 Å². The van der Waals surface area contributed by atoms with Crippen LogP contribution in [0.25, 0.3) is 10.1 Å². The topological polar surface area (TPSA) is 75.1 Å². The van der Waals surface area contributed by atoms with Crippen LogP contribution in [0.3, 0.4) is 0 Å². The van der Waals surface area contributed by atoms with Crippen molar-refractivity contribution >= 4 is 51.4 Å². The maximum absolute atomic E-state index is 10.6. The molecule has 0 bridgehead atoms. The van der Waals surface area contributed by atoms with Crippen LogP contribution < -0.4 is 20.1 Å². The number of hydrogen-bond donors (Lipinski definition) is 3. The van der Waals surface area contributed by atoms with Crippen LogP contribution in [0.1, 0.15) is 30.4 Å². The fraction of sp³-hybridized carbons (Fsp3) is 0.348. The van der Waals surface area contributed by atoms with E-state index in [1.165, 1.54) is 4.70 Å². The second-order valence-corrected chi connectivity index (χ2v) is 7.81. The molecule has 0 saturated heterocycles. The summed E-state index contributed by atoms with van der Waals surface area (Å²) in [5.74, 6) is 2.08. The van der Waals surface area contributed by atoms with Crippen LogP contribution in [0.5, 0.6) is 11.5 Å². The maximum atomic E-state index is 10.6. The third-order valence-electron chi connectivity index (χ3n) is 4.53. The molecule has 0 spiro atoms. The number of nitrogens with one attached hydrogen (secondary N) is 2. The van der Waals surface area contributed by atoms with Crippen molar-refractivity contribution in [3.8, 4) is 11.5 Å². The molecule has 1 atom stereocenters. The molecule has 0 amide bonds. The number of benzene rings is 2. The van der Waals surface area contributed by atoms with Gasteiger partial charge in [0.1, 0.15) is 6.10 Å². The number of nitrogens with zero attached hydrogens (tertiary/aromatic N) is 1. The van der Waals surface area contributed by atoms with Crippen molar-refractivity contribution in [2.24, 2.45) is 4.99 Å². The van der Waals surface area contributed by atoms with Gasteiger partial charge in [0, 0.05) is 22.7 Å². The highest BCUT2D eigenvalue weighted by Crippen LogP contribution is 2.30. The number of ether oxygens (including phenoxy) is 2. The summed E-state index contributed by atoms with van der Waals surface area (Å²) in [4.78, 5) is 5.58.